The van der Waals surface area contributed by atoms with Gasteiger partial charge in [-0.1, -0.05) is 25.1 Å². The maximum atomic E-state index is 9.79. The Kier molecular flexibility index (Phi) is 4.46. The molecule has 106 valence electrons. The second-order valence-corrected chi connectivity index (χ2v) is 5.30. The molecule has 0 aliphatic heterocycles. The lowest BCUT2D eigenvalue weighted by Gasteiger charge is -2.13. The Balaban J connectivity index is 2.22. The van der Waals surface area contributed by atoms with Crippen molar-refractivity contribution >= 4 is 0 Å². The maximum Gasteiger partial charge on any atom is 0.130 e. The van der Waals surface area contributed by atoms with Gasteiger partial charge in [-0.3, -0.25) is 0 Å². The van der Waals surface area contributed by atoms with Crippen LogP contribution in [0.4, 0.5) is 0 Å². The average molecular weight is 270 g/mol. The van der Waals surface area contributed by atoms with Crippen LogP contribution in [-0.2, 0) is 0 Å². The van der Waals surface area contributed by atoms with Gasteiger partial charge in [0, 0.05) is 0 Å². The highest BCUT2D eigenvalue weighted by Gasteiger charge is 2.07. The van der Waals surface area contributed by atoms with E-state index in [0.29, 0.717) is 0 Å². The molecule has 0 aliphatic rings. The minimum Gasteiger partial charge on any atom is -0.457 e. The molecular weight excluding hydrogens is 248 g/mol. The number of aryl methyl sites for hydroxylation is 2. The van der Waals surface area contributed by atoms with Gasteiger partial charge in [0.1, 0.15) is 11.5 Å². The average Bonchev–Trinajstić information content (AvgIpc) is 2.44. The maximum absolute atomic E-state index is 9.79. The molecule has 0 heterocycles. The molecule has 0 bridgehead atoms. The quantitative estimate of drug-likeness (QED) is 0.860. The largest absolute Gasteiger partial charge is 0.457 e. The lowest BCUT2D eigenvalue weighted by Crippen LogP contribution is -1.95. The first kappa shape index (κ1) is 14.6. The predicted octanol–water partition coefficient (Wildman–Crippen LogP) is 4.85. The summed E-state index contributed by atoms with van der Waals surface area (Å²) in [6.45, 7) is 8.20. The third-order valence-electron chi connectivity index (χ3n) is 3.64. The minimum absolute atomic E-state index is 0.396. The highest BCUT2D eigenvalue weighted by Crippen LogP contribution is 2.29. The van der Waals surface area contributed by atoms with E-state index in [-0.39, 0.29) is 0 Å². The molecule has 0 radical (unpaired) electrons. The normalized spacial score (nSPS) is 12.2. The summed E-state index contributed by atoms with van der Waals surface area (Å²) in [5, 5.41) is 9.79. The van der Waals surface area contributed by atoms with E-state index in [1.165, 1.54) is 11.1 Å². The van der Waals surface area contributed by atoms with Crippen LogP contribution in [0.5, 0.6) is 11.5 Å². The molecule has 0 saturated heterocycles. The van der Waals surface area contributed by atoms with Crippen molar-refractivity contribution in [3.05, 3.63) is 58.7 Å². The second kappa shape index (κ2) is 6.10. The van der Waals surface area contributed by atoms with Crippen molar-refractivity contribution in [3.8, 4) is 11.5 Å². The van der Waals surface area contributed by atoms with E-state index in [2.05, 4.69) is 32.9 Å². The molecule has 0 aliphatic carbocycles. The van der Waals surface area contributed by atoms with Gasteiger partial charge in [-0.05, 0) is 67.6 Å². The fourth-order valence-electron chi connectivity index (χ4n) is 2.23. The van der Waals surface area contributed by atoms with E-state index in [0.717, 1.165) is 29.0 Å². The third-order valence-corrected chi connectivity index (χ3v) is 3.64. The Morgan fingerprint density at radius 2 is 1.70 bits per heavy atom. The lowest BCUT2D eigenvalue weighted by atomic mass is 10.1. The van der Waals surface area contributed by atoms with E-state index < -0.39 is 6.10 Å². The topological polar surface area (TPSA) is 29.5 Å². The van der Waals surface area contributed by atoms with Gasteiger partial charge >= 0.3 is 0 Å². The highest BCUT2D eigenvalue weighted by molar-refractivity contribution is 5.44. The zero-order valence-corrected chi connectivity index (χ0v) is 12.6. The van der Waals surface area contributed by atoms with Crippen molar-refractivity contribution in [3.63, 3.8) is 0 Å². The van der Waals surface area contributed by atoms with Crippen molar-refractivity contribution in [2.75, 3.05) is 0 Å². The van der Waals surface area contributed by atoms with Gasteiger partial charge in [0.25, 0.3) is 0 Å². The van der Waals surface area contributed by atoms with Crippen LogP contribution in [0.3, 0.4) is 0 Å². The summed E-state index contributed by atoms with van der Waals surface area (Å²) < 4.78 is 5.96. The highest BCUT2D eigenvalue weighted by atomic mass is 16.5. The molecule has 20 heavy (non-hydrogen) atoms. The van der Waals surface area contributed by atoms with E-state index in [1.807, 2.05) is 31.2 Å². The van der Waals surface area contributed by atoms with E-state index in [9.17, 15) is 5.11 Å². The Hall–Kier alpha value is -1.80. The fourth-order valence-corrected chi connectivity index (χ4v) is 2.23. The summed E-state index contributed by atoms with van der Waals surface area (Å²) in [6, 6.07) is 11.9. The molecule has 2 aromatic rings. The molecular formula is C18H22O2. The first-order valence-corrected chi connectivity index (χ1v) is 7.05. The summed E-state index contributed by atoms with van der Waals surface area (Å²) in [5.74, 6) is 1.69. The molecule has 0 spiro atoms. The zero-order chi connectivity index (χ0) is 14.7. The van der Waals surface area contributed by atoms with Crippen molar-refractivity contribution in [1.82, 2.24) is 0 Å². The number of benzene rings is 2. The second-order valence-electron chi connectivity index (χ2n) is 5.30. The summed E-state index contributed by atoms with van der Waals surface area (Å²) >= 11 is 0. The van der Waals surface area contributed by atoms with Crippen LogP contribution in [0.1, 0.15) is 41.7 Å². The Labute approximate surface area is 121 Å². The van der Waals surface area contributed by atoms with Crippen molar-refractivity contribution in [2.45, 2.75) is 40.2 Å². The van der Waals surface area contributed by atoms with Crippen LogP contribution in [0.2, 0.25) is 0 Å². The molecule has 2 aromatic carbocycles. The Morgan fingerprint density at radius 1 is 1.05 bits per heavy atom. The standard InChI is InChI=1S/C18H22O2/c1-5-17(19)15-6-8-16(9-7-15)20-18-11-12(2)10-13(3)14(18)4/h6-11,17,19H,5H2,1-4H3/t17-/m1/s1. The van der Waals surface area contributed by atoms with E-state index in [4.69, 9.17) is 4.74 Å². The van der Waals surface area contributed by atoms with Crippen molar-refractivity contribution in [2.24, 2.45) is 0 Å². The summed E-state index contributed by atoms with van der Waals surface area (Å²) in [7, 11) is 0. The summed E-state index contributed by atoms with van der Waals surface area (Å²) in [6.07, 6.45) is 0.322. The first-order valence-electron chi connectivity index (χ1n) is 7.05. The van der Waals surface area contributed by atoms with Crippen molar-refractivity contribution in [1.29, 1.82) is 0 Å². The van der Waals surface area contributed by atoms with Crippen LogP contribution in [0, 0.1) is 20.8 Å². The molecule has 2 nitrogen and oxygen atoms in total. The number of rotatable bonds is 4. The summed E-state index contributed by atoms with van der Waals surface area (Å²) in [5.41, 5.74) is 4.52. The monoisotopic (exact) mass is 270 g/mol. The lowest BCUT2D eigenvalue weighted by molar-refractivity contribution is 0.173. The molecule has 1 atom stereocenters. The van der Waals surface area contributed by atoms with Crippen molar-refractivity contribution < 1.29 is 9.84 Å². The van der Waals surface area contributed by atoms with Gasteiger partial charge in [0.15, 0.2) is 0 Å². The van der Waals surface area contributed by atoms with Crippen LogP contribution in [-0.4, -0.2) is 5.11 Å². The number of aliphatic hydroxyl groups is 1. The summed E-state index contributed by atoms with van der Waals surface area (Å²) in [4.78, 5) is 0. The molecule has 2 heteroatoms. The smallest absolute Gasteiger partial charge is 0.130 e. The van der Waals surface area contributed by atoms with Gasteiger partial charge in [0.05, 0.1) is 6.10 Å². The zero-order valence-electron chi connectivity index (χ0n) is 12.6. The molecule has 0 aromatic heterocycles. The number of hydrogen-bond donors (Lipinski definition) is 1. The number of hydrogen-bond acceptors (Lipinski definition) is 2. The van der Waals surface area contributed by atoms with E-state index >= 15 is 0 Å². The van der Waals surface area contributed by atoms with Gasteiger partial charge in [-0.2, -0.15) is 0 Å². The van der Waals surface area contributed by atoms with Gasteiger partial charge in [0.2, 0.25) is 0 Å². The van der Waals surface area contributed by atoms with Gasteiger partial charge in [-0.15, -0.1) is 0 Å². The molecule has 0 saturated carbocycles. The SMILES string of the molecule is CC[C@@H](O)c1ccc(Oc2cc(C)cc(C)c2C)cc1. The molecule has 2 rings (SSSR count). The van der Waals surface area contributed by atoms with E-state index in [1.54, 1.807) is 0 Å². The minimum atomic E-state index is -0.396. The molecule has 0 fully saturated rings. The van der Waals surface area contributed by atoms with Crippen LogP contribution >= 0.6 is 0 Å². The third kappa shape index (κ3) is 3.20. The van der Waals surface area contributed by atoms with Gasteiger partial charge in [-0.25, -0.2) is 0 Å². The van der Waals surface area contributed by atoms with Crippen LogP contribution < -0.4 is 4.74 Å². The fraction of sp³-hybridized carbons (Fsp3) is 0.333. The Morgan fingerprint density at radius 3 is 2.30 bits per heavy atom. The number of aliphatic hydroxyl groups excluding tert-OH is 1. The Bertz CT molecular complexity index is 585. The number of ether oxygens (including phenoxy) is 1. The van der Waals surface area contributed by atoms with Crippen LogP contribution in [0.25, 0.3) is 0 Å². The van der Waals surface area contributed by atoms with Gasteiger partial charge < -0.3 is 9.84 Å². The molecule has 0 amide bonds. The first-order chi connectivity index (χ1) is 9.51. The van der Waals surface area contributed by atoms with Crippen LogP contribution in [0.15, 0.2) is 36.4 Å². The molecule has 0 unspecified atom stereocenters. The molecule has 1 N–H and O–H groups in total. The predicted molar refractivity (Wildman–Crippen MR) is 82.4 cm³/mol.